The summed E-state index contributed by atoms with van der Waals surface area (Å²) in [5.74, 6) is -0.0898. The van der Waals surface area contributed by atoms with Crippen LogP contribution in [0.5, 0.6) is 0 Å². The minimum Gasteiger partial charge on any atom is -0.355 e. The Balaban J connectivity index is 1.68. The first kappa shape index (κ1) is 11.7. The second kappa shape index (κ2) is 5.01. The number of aryl methyl sites for hydroxylation is 1. The van der Waals surface area contributed by atoms with Crippen LogP contribution in [0.1, 0.15) is 24.8 Å². The van der Waals surface area contributed by atoms with Crippen molar-refractivity contribution >= 4 is 5.91 Å². The zero-order chi connectivity index (χ0) is 12.1. The molecule has 1 saturated carbocycles. The molecule has 0 aliphatic heterocycles. The third-order valence-corrected chi connectivity index (χ3v) is 3.17. The van der Waals surface area contributed by atoms with Gasteiger partial charge in [-0.05, 0) is 31.2 Å². The molecule has 2 rings (SSSR count). The van der Waals surface area contributed by atoms with Crippen molar-refractivity contribution in [3.05, 3.63) is 35.9 Å². The lowest BCUT2D eigenvalue weighted by Gasteiger charge is -2.07. The highest BCUT2D eigenvalue weighted by molar-refractivity contribution is 5.88. The van der Waals surface area contributed by atoms with Gasteiger partial charge in [-0.3, -0.25) is 4.79 Å². The summed E-state index contributed by atoms with van der Waals surface area (Å²) in [6, 6.07) is 12.3. The van der Waals surface area contributed by atoms with Crippen molar-refractivity contribution in [2.24, 2.45) is 5.41 Å². The average molecular weight is 228 g/mol. The fourth-order valence-electron chi connectivity index (χ4n) is 1.82. The summed E-state index contributed by atoms with van der Waals surface area (Å²) in [6.45, 7) is 0.650. The highest BCUT2D eigenvalue weighted by Crippen LogP contribution is 2.44. The van der Waals surface area contributed by atoms with Crippen LogP contribution in [0.2, 0.25) is 0 Å². The minimum atomic E-state index is -0.688. The minimum absolute atomic E-state index is 0.0898. The molecule has 0 atom stereocenters. The fraction of sp³-hybridized carbons (Fsp3) is 0.429. The molecule has 0 saturated heterocycles. The van der Waals surface area contributed by atoms with Crippen LogP contribution in [-0.4, -0.2) is 12.5 Å². The topological polar surface area (TPSA) is 52.9 Å². The van der Waals surface area contributed by atoms with E-state index in [2.05, 4.69) is 23.5 Å². The third kappa shape index (κ3) is 2.85. The Morgan fingerprint density at radius 3 is 2.65 bits per heavy atom. The lowest BCUT2D eigenvalue weighted by Crippen LogP contribution is -2.32. The van der Waals surface area contributed by atoms with E-state index in [9.17, 15) is 4.79 Å². The smallest absolute Gasteiger partial charge is 0.240 e. The van der Waals surface area contributed by atoms with Gasteiger partial charge in [-0.25, -0.2) is 0 Å². The molecule has 3 nitrogen and oxygen atoms in total. The highest BCUT2D eigenvalue weighted by Gasteiger charge is 2.50. The van der Waals surface area contributed by atoms with Crippen molar-refractivity contribution in [2.45, 2.75) is 25.7 Å². The van der Waals surface area contributed by atoms with E-state index in [1.54, 1.807) is 0 Å². The van der Waals surface area contributed by atoms with Gasteiger partial charge in [0.05, 0.1) is 6.07 Å². The first-order chi connectivity index (χ1) is 8.27. The number of carbonyl (C=O) groups excluding carboxylic acids is 1. The third-order valence-electron chi connectivity index (χ3n) is 3.17. The van der Waals surface area contributed by atoms with E-state index in [0.717, 1.165) is 12.8 Å². The molecule has 1 aromatic rings. The Bertz CT molecular complexity index is 429. The van der Waals surface area contributed by atoms with Crippen LogP contribution in [0.3, 0.4) is 0 Å². The van der Waals surface area contributed by atoms with Crippen molar-refractivity contribution in [1.29, 1.82) is 5.26 Å². The summed E-state index contributed by atoms with van der Waals surface area (Å²) >= 11 is 0. The van der Waals surface area contributed by atoms with Crippen LogP contribution >= 0.6 is 0 Å². The number of nitrogens with zero attached hydrogens (tertiary/aromatic N) is 1. The van der Waals surface area contributed by atoms with Crippen LogP contribution in [-0.2, 0) is 11.2 Å². The van der Waals surface area contributed by atoms with Gasteiger partial charge in [0, 0.05) is 6.54 Å². The predicted octanol–water partition coefficient (Wildman–Crippen LogP) is 2.04. The SMILES string of the molecule is N#CC1(C(=O)NCCCc2ccccc2)CC1. The summed E-state index contributed by atoms with van der Waals surface area (Å²) in [7, 11) is 0. The first-order valence-electron chi connectivity index (χ1n) is 6.00. The molecule has 3 heteroatoms. The lowest BCUT2D eigenvalue weighted by molar-refractivity contribution is -0.124. The van der Waals surface area contributed by atoms with Crippen LogP contribution in [0, 0.1) is 16.7 Å². The number of nitriles is 1. The standard InChI is InChI=1S/C14H16N2O/c15-11-14(8-9-14)13(17)16-10-4-7-12-5-2-1-3-6-12/h1-3,5-6H,4,7-10H2,(H,16,17). The molecule has 1 aliphatic rings. The number of nitrogens with one attached hydrogen (secondary N) is 1. The molecular formula is C14H16N2O. The van der Waals surface area contributed by atoms with Crippen LogP contribution in [0.15, 0.2) is 30.3 Å². The van der Waals surface area contributed by atoms with Gasteiger partial charge in [0.15, 0.2) is 0 Å². The molecule has 1 fully saturated rings. The Labute approximate surface area is 101 Å². The van der Waals surface area contributed by atoms with E-state index < -0.39 is 5.41 Å². The van der Waals surface area contributed by atoms with Crippen molar-refractivity contribution < 1.29 is 4.79 Å². The number of benzene rings is 1. The molecule has 0 bridgehead atoms. The maximum Gasteiger partial charge on any atom is 0.240 e. The predicted molar refractivity (Wildman–Crippen MR) is 65.1 cm³/mol. The van der Waals surface area contributed by atoms with Gasteiger partial charge in [-0.15, -0.1) is 0 Å². The van der Waals surface area contributed by atoms with Gasteiger partial charge in [0.1, 0.15) is 5.41 Å². The van der Waals surface area contributed by atoms with Gasteiger partial charge < -0.3 is 5.32 Å². The molecule has 0 radical (unpaired) electrons. The van der Waals surface area contributed by atoms with Gasteiger partial charge in [0.25, 0.3) is 0 Å². The molecule has 17 heavy (non-hydrogen) atoms. The average Bonchev–Trinajstić information content (AvgIpc) is 3.17. The zero-order valence-corrected chi connectivity index (χ0v) is 9.78. The van der Waals surface area contributed by atoms with E-state index in [4.69, 9.17) is 5.26 Å². The van der Waals surface area contributed by atoms with E-state index in [1.807, 2.05) is 18.2 Å². The Morgan fingerprint density at radius 1 is 1.35 bits per heavy atom. The van der Waals surface area contributed by atoms with Crippen LogP contribution in [0.25, 0.3) is 0 Å². The summed E-state index contributed by atoms with van der Waals surface area (Å²) in [5, 5.41) is 11.7. The monoisotopic (exact) mass is 228 g/mol. The van der Waals surface area contributed by atoms with Gasteiger partial charge in [0.2, 0.25) is 5.91 Å². The quantitative estimate of drug-likeness (QED) is 0.784. The summed E-state index contributed by atoms with van der Waals surface area (Å²) in [4.78, 5) is 11.6. The van der Waals surface area contributed by atoms with E-state index >= 15 is 0 Å². The fourth-order valence-corrected chi connectivity index (χ4v) is 1.82. The van der Waals surface area contributed by atoms with Gasteiger partial charge >= 0.3 is 0 Å². The Morgan fingerprint density at radius 2 is 2.06 bits per heavy atom. The molecule has 1 aromatic carbocycles. The molecule has 1 amide bonds. The lowest BCUT2D eigenvalue weighted by atomic mass is 10.1. The molecular weight excluding hydrogens is 212 g/mol. The normalized spacial score (nSPS) is 15.9. The number of rotatable bonds is 5. The second-order valence-corrected chi connectivity index (χ2v) is 4.54. The van der Waals surface area contributed by atoms with Crippen molar-refractivity contribution in [3.63, 3.8) is 0 Å². The van der Waals surface area contributed by atoms with Gasteiger partial charge in [-0.1, -0.05) is 30.3 Å². The summed E-state index contributed by atoms with van der Waals surface area (Å²) in [6.07, 6.45) is 3.31. The largest absolute Gasteiger partial charge is 0.355 e. The molecule has 1 N–H and O–H groups in total. The number of hydrogen-bond donors (Lipinski definition) is 1. The van der Waals surface area contributed by atoms with E-state index in [0.29, 0.717) is 19.4 Å². The molecule has 0 spiro atoms. The van der Waals surface area contributed by atoms with Crippen LogP contribution < -0.4 is 5.32 Å². The first-order valence-corrected chi connectivity index (χ1v) is 6.00. The molecule has 88 valence electrons. The van der Waals surface area contributed by atoms with Gasteiger partial charge in [-0.2, -0.15) is 5.26 Å². The highest BCUT2D eigenvalue weighted by atomic mass is 16.2. The second-order valence-electron chi connectivity index (χ2n) is 4.54. The maximum absolute atomic E-state index is 11.6. The summed E-state index contributed by atoms with van der Waals surface area (Å²) < 4.78 is 0. The Hall–Kier alpha value is -1.82. The Kier molecular flexibility index (Phi) is 3.43. The van der Waals surface area contributed by atoms with E-state index in [-0.39, 0.29) is 5.91 Å². The molecule has 1 aliphatic carbocycles. The number of carbonyl (C=O) groups is 1. The van der Waals surface area contributed by atoms with E-state index in [1.165, 1.54) is 5.56 Å². The molecule has 0 aromatic heterocycles. The maximum atomic E-state index is 11.6. The number of hydrogen-bond acceptors (Lipinski definition) is 2. The zero-order valence-electron chi connectivity index (χ0n) is 9.78. The molecule has 0 unspecified atom stereocenters. The summed E-state index contributed by atoms with van der Waals surface area (Å²) in [5.41, 5.74) is 0.593. The van der Waals surface area contributed by atoms with Crippen LogP contribution in [0.4, 0.5) is 0 Å². The van der Waals surface area contributed by atoms with Crippen molar-refractivity contribution in [2.75, 3.05) is 6.54 Å². The number of amides is 1. The molecule has 0 heterocycles. The van der Waals surface area contributed by atoms with Crippen molar-refractivity contribution in [3.8, 4) is 6.07 Å². The van der Waals surface area contributed by atoms with Crippen molar-refractivity contribution in [1.82, 2.24) is 5.32 Å².